The summed E-state index contributed by atoms with van der Waals surface area (Å²) in [4.78, 5) is 23.2. The van der Waals surface area contributed by atoms with Crippen LogP contribution in [0.3, 0.4) is 0 Å². The van der Waals surface area contributed by atoms with Crippen LogP contribution in [0.1, 0.15) is 53.4 Å². The van der Waals surface area contributed by atoms with E-state index in [9.17, 15) is 9.59 Å². The Morgan fingerprint density at radius 3 is 2.48 bits per heavy atom. The van der Waals surface area contributed by atoms with E-state index in [0.29, 0.717) is 13.1 Å². The molecule has 1 rings (SSSR count). The Morgan fingerprint density at radius 2 is 1.86 bits per heavy atom. The Labute approximate surface area is 127 Å². The number of alkyl carbamates (subject to hydrolysis) is 1. The SMILES string of the molecule is CCNC(=O)CNC1CCCC(NC(=O)OC(C)(C)C)C1. The second-order valence-corrected chi connectivity index (χ2v) is 6.54. The number of rotatable bonds is 5. The molecule has 3 N–H and O–H groups in total. The lowest BCUT2D eigenvalue weighted by molar-refractivity contribution is -0.120. The molecule has 1 aliphatic carbocycles. The van der Waals surface area contributed by atoms with Gasteiger partial charge in [-0.05, 0) is 53.4 Å². The topological polar surface area (TPSA) is 79.5 Å². The molecule has 0 aromatic rings. The van der Waals surface area contributed by atoms with Crippen molar-refractivity contribution in [1.29, 1.82) is 0 Å². The van der Waals surface area contributed by atoms with Gasteiger partial charge in [0.1, 0.15) is 5.60 Å². The van der Waals surface area contributed by atoms with Crippen LogP contribution < -0.4 is 16.0 Å². The summed E-state index contributed by atoms with van der Waals surface area (Å²) in [6.45, 7) is 8.43. The highest BCUT2D eigenvalue weighted by molar-refractivity contribution is 5.77. The predicted octanol–water partition coefficient (Wildman–Crippen LogP) is 1.55. The van der Waals surface area contributed by atoms with Crippen LogP contribution in [-0.4, -0.2) is 42.8 Å². The first-order valence-electron chi connectivity index (χ1n) is 7.79. The second kappa shape index (κ2) is 8.22. The number of amides is 2. The molecule has 0 aromatic carbocycles. The molecule has 2 atom stereocenters. The number of nitrogens with one attached hydrogen (secondary N) is 3. The van der Waals surface area contributed by atoms with Gasteiger partial charge in [0.05, 0.1) is 6.54 Å². The average molecular weight is 299 g/mol. The molecule has 1 saturated carbocycles. The van der Waals surface area contributed by atoms with Gasteiger partial charge >= 0.3 is 6.09 Å². The van der Waals surface area contributed by atoms with Crippen molar-refractivity contribution in [1.82, 2.24) is 16.0 Å². The molecule has 0 spiro atoms. The first kappa shape index (κ1) is 17.8. The lowest BCUT2D eigenvalue weighted by Gasteiger charge is -2.31. The zero-order valence-electron chi connectivity index (χ0n) is 13.6. The highest BCUT2D eigenvalue weighted by Crippen LogP contribution is 2.19. The van der Waals surface area contributed by atoms with E-state index in [1.807, 2.05) is 27.7 Å². The van der Waals surface area contributed by atoms with Crippen LogP contribution >= 0.6 is 0 Å². The van der Waals surface area contributed by atoms with Crippen molar-refractivity contribution in [2.24, 2.45) is 0 Å². The van der Waals surface area contributed by atoms with Crippen molar-refractivity contribution >= 4 is 12.0 Å². The highest BCUT2D eigenvalue weighted by Gasteiger charge is 2.25. The molecule has 0 radical (unpaired) electrons. The summed E-state index contributed by atoms with van der Waals surface area (Å²) in [6, 6.07) is 0.377. The molecular formula is C15H29N3O3. The van der Waals surface area contributed by atoms with Crippen LogP contribution in [0.15, 0.2) is 0 Å². The quantitative estimate of drug-likeness (QED) is 0.719. The molecule has 0 aliphatic heterocycles. The van der Waals surface area contributed by atoms with Gasteiger partial charge < -0.3 is 20.7 Å². The molecule has 0 saturated heterocycles. The maximum Gasteiger partial charge on any atom is 0.407 e. The predicted molar refractivity (Wildman–Crippen MR) is 82.1 cm³/mol. The molecule has 2 amide bonds. The van der Waals surface area contributed by atoms with Crippen molar-refractivity contribution in [2.75, 3.05) is 13.1 Å². The normalized spacial score (nSPS) is 22.5. The van der Waals surface area contributed by atoms with Crippen molar-refractivity contribution in [3.8, 4) is 0 Å². The van der Waals surface area contributed by atoms with Crippen LogP contribution in [0.4, 0.5) is 4.79 Å². The summed E-state index contributed by atoms with van der Waals surface area (Å²) in [5.41, 5.74) is -0.478. The number of ether oxygens (including phenoxy) is 1. The van der Waals surface area contributed by atoms with E-state index < -0.39 is 5.60 Å². The third kappa shape index (κ3) is 7.90. The zero-order valence-corrected chi connectivity index (χ0v) is 13.6. The van der Waals surface area contributed by atoms with Crippen LogP contribution in [0, 0.1) is 0 Å². The monoisotopic (exact) mass is 299 g/mol. The molecule has 2 unspecified atom stereocenters. The van der Waals surface area contributed by atoms with E-state index in [-0.39, 0.29) is 24.1 Å². The van der Waals surface area contributed by atoms with Crippen LogP contribution in [0.5, 0.6) is 0 Å². The summed E-state index contributed by atoms with van der Waals surface area (Å²) in [5, 5.41) is 8.93. The van der Waals surface area contributed by atoms with Gasteiger partial charge in [0, 0.05) is 18.6 Å². The number of hydrogen-bond donors (Lipinski definition) is 3. The Bertz CT molecular complexity index is 353. The number of hydrogen-bond acceptors (Lipinski definition) is 4. The van der Waals surface area contributed by atoms with Gasteiger partial charge in [-0.3, -0.25) is 4.79 Å². The fourth-order valence-corrected chi connectivity index (χ4v) is 2.48. The standard InChI is InChI=1S/C15H29N3O3/c1-5-16-13(19)10-17-11-7-6-8-12(9-11)18-14(20)21-15(2,3)4/h11-12,17H,5-10H2,1-4H3,(H,16,19)(H,18,20). The fourth-order valence-electron chi connectivity index (χ4n) is 2.48. The Kier molecular flexibility index (Phi) is 6.95. The summed E-state index contributed by atoms with van der Waals surface area (Å²) < 4.78 is 5.27. The molecular weight excluding hydrogens is 270 g/mol. The van der Waals surface area contributed by atoms with E-state index in [1.54, 1.807) is 0 Å². The molecule has 0 heterocycles. The van der Waals surface area contributed by atoms with Gasteiger partial charge in [-0.1, -0.05) is 0 Å². The van der Waals surface area contributed by atoms with Crippen LogP contribution in [0.2, 0.25) is 0 Å². The fraction of sp³-hybridized carbons (Fsp3) is 0.867. The summed E-state index contributed by atoms with van der Waals surface area (Å²) >= 11 is 0. The molecule has 6 nitrogen and oxygen atoms in total. The lowest BCUT2D eigenvalue weighted by Crippen LogP contribution is -2.47. The summed E-state index contributed by atoms with van der Waals surface area (Å²) in [5.74, 6) is 0.0136. The first-order chi connectivity index (χ1) is 9.80. The van der Waals surface area contributed by atoms with Crippen molar-refractivity contribution in [3.05, 3.63) is 0 Å². The molecule has 1 fully saturated rings. The lowest BCUT2D eigenvalue weighted by atomic mass is 9.91. The number of carbonyl (C=O) groups excluding carboxylic acids is 2. The molecule has 6 heteroatoms. The van der Waals surface area contributed by atoms with Crippen molar-refractivity contribution in [3.63, 3.8) is 0 Å². The third-order valence-corrected chi connectivity index (χ3v) is 3.32. The maximum absolute atomic E-state index is 11.8. The smallest absolute Gasteiger partial charge is 0.407 e. The zero-order chi connectivity index (χ0) is 15.9. The van der Waals surface area contributed by atoms with Crippen LogP contribution in [0.25, 0.3) is 0 Å². The van der Waals surface area contributed by atoms with Gasteiger partial charge in [0.25, 0.3) is 0 Å². The third-order valence-electron chi connectivity index (χ3n) is 3.32. The number of carbonyl (C=O) groups is 2. The minimum Gasteiger partial charge on any atom is -0.444 e. The number of likely N-dealkylation sites (N-methyl/N-ethyl adjacent to an activating group) is 1. The van der Waals surface area contributed by atoms with E-state index in [0.717, 1.165) is 25.7 Å². The molecule has 1 aliphatic rings. The summed E-state index contributed by atoms with van der Waals surface area (Å²) in [7, 11) is 0. The van der Waals surface area contributed by atoms with Gasteiger partial charge in [-0.2, -0.15) is 0 Å². The molecule has 0 bridgehead atoms. The average Bonchev–Trinajstić information content (AvgIpc) is 2.35. The highest BCUT2D eigenvalue weighted by atomic mass is 16.6. The molecule has 21 heavy (non-hydrogen) atoms. The van der Waals surface area contributed by atoms with E-state index >= 15 is 0 Å². The maximum atomic E-state index is 11.8. The van der Waals surface area contributed by atoms with Gasteiger partial charge in [0.15, 0.2) is 0 Å². The first-order valence-corrected chi connectivity index (χ1v) is 7.79. The van der Waals surface area contributed by atoms with Gasteiger partial charge in [-0.25, -0.2) is 4.79 Å². The van der Waals surface area contributed by atoms with E-state index in [2.05, 4.69) is 16.0 Å². The largest absolute Gasteiger partial charge is 0.444 e. The molecule has 0 aromatic heterocycles. The minimum atomic E-state index is -0.478. The molecule has 122 valence electrons. The van der Waals surface area contributed by atoms with Crippen molar-refractivity contribution < 1.29 is 14.3 Å². The van der Waals surface area contributed by atoms with E-state index in [4.69, 9.17) is 4.74 Å². The second-order valence-electron chi connectivity index (χ2n) is 6.54. The summed E-state index contributed by atoms with van der Waals surface area (Å²) in [6.07, 6.45) is 3.49. The Hall–Kier alpha value is -1.30. The Morgan fingerprint density at radius 1 is 1.19 bits per heavy atom. The Balaban J connectivity index is 2.31. The van der Waals surface area contributed by atoms with Crippen LogP contribution in [-0.2, 0) is 9.53 Å². The van der Waals surface area contributed by atoms with Gasteiger partial charge in [0.2, 0.25) is 5.91 Å². The van der Waals surface area contributed by atoms with Crippen molar-refractivity contribution in [2.45, 2.75) is 71.1 Å². The minimum absolute atomic E-state index is 0.0136. The van der Waals surface area contributed by atoms with Gasteiger partial charge in [-0.15, -0.1) is 0 Å². The van der Waals surface area contributed by atoms with E-state index in [1.165, 1.54) is 0 Å².